The van der Waals surface area contributed by atoms with Crippen LogP contribution >= 0.6 is 11.8 Å². The molecule has 0 bridgehead atoms. The van der Waals surface area contributed by atoms with E-state index in [1.807, 2.05) is 26.0 Å². The van der Waals surface area contributed by atoms with Crippen molar-refractivity contribution in [2.45, 2.75) is 30.5 Å². The van der Waals surface area contributed by atoms with Crippen molar-refractivity contribution < 1.29 is 5.11 Å². The highest BCUT2D eigenvalue weighted by Crippen LogP contribution is 2.26. The molecule has 0 aliphatic rings. The molecule has 0 radical (unpaired) electrons. The molecule has 0 saturated carbocycles. The van der Waals surface area contributed by atoms with Crippen LogP contribution in [-0.2, 0) is 0 Å². The Labute approximate surface area is 99.8 Å². The fourth-order valence-corrected chi connectivity index (χ4v) is 2.37. The van der Waals surface area contributed by atoms with Crippen LogP contribution in [-0.4, -0.2) is 27.8 Å². The maximum Gasteiger partial charge on any atom is 0.125 e. The third kappa shape index (κ3) is 3.50. The zero-order valence-electron chi connectivity index (χ0n) is 9.53. The number of aryl methyl sites for hydroxylation is 1. The summed E-state index contributed by atoms with van der Waals surface area (Å²) in [7, 11) is 0. The lowest BCUT2D eigenvalue weighted by molar-refractivity contribution is 0.289. The van der Waals surface area contributed by atoms with Crippen LogP contribution in [0.5, 0.6) is 0 Å². The third-order valence-electron chi connectivity index (χ3n) is 2.14. The summed E-state index contributed by atoms with van der Waals surface area (Å²) in [5, 5.41) is 17.3. The average molecular weight is 239 g/mol. The molecule has 5 heteroatoms. The number of nitrogen functional groups attached to an aromatic ring is 1. The van der Waals surface area contributed by atoms with E-state index >= 15 is 0 Å². The first kappa shape index (κ1) is 13.0. The van der Waals surface area contributed by atoms with Gasteiger partial charge in [0.25, 0.3) is 0 Å². The van der Waals surface area contributed by atoms with E-state index in [2.05, 4.69) is 4.98 Å². The van der Waals surface area contributed by atoms with Crippen LogP contribution in [0.1, 0.15) is 24.6 Å². The van der Waals surface area contributed by atoms with Gasteiger partial charge in [-0.25, -0.2) is 4.98 Å². The van der Waals surface area contributed by atoms with Crippen LogP contribution in [0, 0.1) is 12.3 Å². The molecule has 0 aromatic carbocycles. The lowest BCUT2D eigenvalue weighted by Gasteiger charge is -2.12. The van der Waals surface area contributed by atoms with E-state index in [0.29, 0.717) is 12.0 Å². The maximum absolute atomic E-state index is 8.85. The van der Waals surface area contributed by atoms with Gasteiger partial charge in [-0.1, -0.05) is 6.92 Å². The van der Waals surface area contributed by atoms with Crippen molar-refractivity contribution in [2.75, 3.05) is 6.61 Å². The number of aliphatic hydroxyl groups is 1. The fraction of sp³-hybridized carbons (Fsp3) is 0.455. The molecule has 4 N–H and O–H groups in total. The Hall–Kier alpha value is -1.07. The summed E-state index contributed by atoms with van der Waals surface area (Å²) in [6, 6.07) is 3.66. The molecule has 1 aromatic rings. The summed E-state index contributed by atoms with van der Waals surface area (Å²) in [4.78, 5) is 4.38. The number of nitrogens with one attached hydrogen (secondary N) is 1. The standard InChI is InChI=1S/C11H17N3OS/c1-7-3-4-9(10(12)13)11(14-7)16-8(2)5-6-15/h3-4,8,15H,5-6H2,1-2H3,(H3,12,13). The summed E-state index contributed by atoms with van der Waals surface area (Å²) < 4.78 is 0. The highest BCUT2D eigenvalue weighted by molar-refractivity contribution is 7.99. The summed E-state index contributed by atoms with van der Waals surface area (Å²) in [6.45, 7) is 4.09. The molecular formula is C11H17N3OS. The van der Waals surface area contributed by atoms with Crippen molar-refractivity contribution in [1.82, 2.24) is 4.98 Å². The first-order chi connectivity index (χ1) is 7.54. The Morgan fingerprint density at radius 1 is 1.62 bits per heavy atom. The summed E-state index contributed by atoms with van der Waals surface area (Å²) in [6.07, 6.45) is 0.706. The van der Waals surface area contributed by atoms with E-state index in [4.69, 9.17) is 16.2 Å². The quantitative estimate of drug-likeness (QED) is 0.413. The molecule has 0 fully saturated rings. The number of pyridine rings is 1. The van der Waals surface area contributed by atoms with Gasteiger partial charge in [0.05, 0.1) is 0 Å². The zero-order chi connectivity index (χ0) is 12.1. The first-order valence-corrected chi connectivity index (χ1v) is 6.02. The molecule has 1 rings (SSSR count). The normalized spacial score (nSPS) is 12.4. The Morgan fingerprint density at radius 3 is 2.88 bits per heavy atom. The van der Waals surface area contributed by atoms with Crippen LogP contribution < -0.4 is 5.73 Å². The number of amidine groups is 1. The smallest absolute Gasteiger partial charge is 0.125 e. The molecule has 0 spiro atoms. The van der Waals surface area contributed by atoms with E-state index in [1.165, 1.54) is 0 Å². The highest BCUT2D eigenvalue weighted by atomic mass is 32.2. The van der Waals surface area contributed by atoms with Gasteiger partial charge in [0.2, 0.25) is 0 Å². The SMILES string of the molecule is Cc1ccc(C(=N)N)c(SC(C)CCO)n1. The van der Waals surface area contributed by atoms with Gasteiger partial charge in [-0.05, 0) is 25.5 Å². The van der Waals surface area contributed by atoms with Gasteiger partial charge >= 0.3 is 0 Å². The fourth-order valence-electron chi connectivity index (χ4n) is 1.26. The van der Waals surface area contributed by atoms with E-state index < -0.39 is 0 Å². The molecule has 1 unspecified atom stereocenters. The van der Waals surface area contributed by atoms with Crippen LogP contribution in [0.15, 0.2) is 17.2 Å². The van der Waals surface area contributed by atoms with Gasteiger partial charge in [0.1, 0.15) is 10.9 Å². The molecule has 1 heterocycles. The summed E-state index contributed by atoms with van der Waals surface area (Å²) >= 11 is 1.55. The second-order valence-electron chi connectivity index (χ2n) is 3.66. The van der Waals surface area contributed by atoms with Gasteiger partial charge in [0.15, 0.2) is 0 Å². The first-order valence-electron chi connectivity index (χ1n) is 5.14. The lowest BCUT2D eigenvalue weighted by atomic mass is 10.2. The Bertz CT molecular complexity index is 381. The highest BCUT2D eigenvalue weighted by Gasteiger charge is 2.11. The molecule has 4 nitrogen and oxygen atoms in total. The molecule has 16 heavy (non-hydrogen) atoms. The molecular weight excluding hydrogens is 222 g/mol. The van der Waals surface area contributed by atoms with Crippen LogP contribution in [0.3, 0.4) is 0 Å². The maximum atomic E-state index is 8.85. The van der Waals surface area contributed by atoms with E-state index in [0.717, 1.165) is 10.7 Å². The summed E-state index contributed by atoms with van der Waals surface area (Å²) in [5.74, 6) is 0.0335. The predicted molar refractivity (Wildman–Crippen MR) is 67.0 cm³/mol. The van der Waals surface area contributed by atoms with Crippen molar-refractivity contribution in [2.24, 2.45) is 5.73 Å². The summed E-state index contributed by atoms with van der Waals surface area (Å²) in [5.41, 5.74) is 7.07. The molecule has 0 saturated heterocycles. The Kier molecular flexibility index (Phi) is 4.76. The van der Waals surface area contributed by atoms with Crippen LogP contribution in [0.25, 0.3) is 0 Å². The number of nitrogens with zero attached hydrogens (tertiary/aromatic N) is 1. The van der Waals surface area contributed by atoms with E-state index in [-0.39, 0.29) is 17.7 Å². The Morgan fingerprint density at radius 2 is 2.31 bits per heavy atom. The number of aromatic nitrogens is 1. The minimum absolute atomic E-state index is 0.0335. The number of thioether (sulfide) groups is 1. The van der Waals surface area contributed by atoms with Crippen molar-refractivity contribution in [3.8, 4) is 0 Å². The van der Waals surface area contributed by atoms with Gasteiger partial charge in [-0.15, -0.1) is 11.8 Å². The van der Waals surface area contributed by atoms with E-state index in [9.17, 15) is 0 Å². The van der Waals surface area contributed by atoms with Gasteiger partial charge < -0.3 is 10.8 Å². The third-order valence-corrected chi connectivity index (χ3v) is 3.31. The number of nitrogens with two attached hydrogens (primary N) is 1. The minimum atomic E-state index is 0.0335. The topological polar surface area (TPSA) is 83.0 Å². The second kappa shape index (κ2) is 5.86. The number of aliphatic hydroxyl groups excluding tert-OH is 1. The number of hydrogen-bond donors (Lipinski definition) is 3. The predicted octanol–water partition coefficient (Wildman–Crippen LogP) is 1.54. The van der Waals surface area contributed by atoms with Gasteiger partial charge in [0, 0.05) is 23.1 Å². The molecule has 1 atom stereocenters. The molecule has 88 valence electrons. The van der Waals surface area contributed by atoms with Crippen molar-refractivity contribution in [1.29, 1.82) is 5.41 Å². The van der Waals surface area contributed by atoms with Crippen LogP contribution in [0.4, 0.5) is 0 Å². The average Bonchev–Trinajstić information content (AvgIpc) is 2.17. The monoisotopic (exact) mass is 239 g/mol. The van der Waals surface area contributed by atoms with Gasteiger partial charge in [-0.2, -0.15) is 0 Å². The van der Waals surface area contributed by atoms with Crippen molar-refractivity contribution in [3.05, 3.63) is 23.4 Å². The van der Waals surface area contributed by atoms with Crippen molar-refractivity contribution in [3.63, 3.8) is 0 Å². The van der Waals surface area contributed by atoms with Crippen molar-refractivity contribution >= 4 is 17.6 Å². The number of rotatable bonds is 5. The zero-order valence-corrected chi connectivity index (χ0v) is 10.3. The Balaban J connectivity index is 2.92. The molecule has 0 aliphatic heterocycles. The molecule has 0 aliphatic carbocycles. The van der Waals surface area contributed by atoms with E-state index in [1.54, 1.807) is 11.8 Å². The minimum Gasteiger partial charge on any atom is -0.396 e. The van der Waals surface area contributed by atoms with Crippen LogP contribution in [0.2, 0.25) is 0 Å². The van der Waals surface area contributed by atoms with Gasteiger partial charge in [-0.3, -0.25) is 5.41 Å². The molecule has 1 aromatic heterocycles. The lowest BCUT2D eigenvalue weighted by Crippen LogP contribution is -2.14. The largest absolute Gasteiger partial charge is 0.396 e. The second-order valence-corrected chi connectivity index (χ2v) is 5.09. The molecule has 0 amide bonds. The number of hydrogen-bond acceptors (Lipinski definition) is 4.